The van der Waals surface area contributed by atoms with Crippen molar-refractivity contribution in [2.24, 2.45) is 5.73 Å². The third-order valence-electron chi connectivity index (χ3n) is 2.92. The fourth-order valence-electron chi connectivity index (χ4n) is 1.98. The van der Waals surface area contributed by atoms with Crippen LogP contribution in [0.3, 0.4) is 0 Å². The van der Waals surface area contributed by atoms with Crippen molar-refractivity contribution in [2.75, 3.05) is 0 Å². The highest BCUT2D eigenvalue weighted by atomic mass is 79.9. The monoisotopic (exact) mass is 329 g/mol. The molecule has 2 N–H and O–H groups in total. The number of fused-ring (bicyclic) bond motifs is 1. The summed E-state index contributed by atoms with van der Waals surface area (Å²) < 4.78 is 6.80. The van der Waals surface area contributed by atoms with E-state index in [-0.39, 0.29) is 0 Å². The summed E-state index contributed by atoms with van der Waals surface area (Å²) in [5.41, 5.74) is 7.47. The Kier molecular flexibility index (Phi) is 3.62. The van der Waals surface area contributed by atoms with Crippen LogP contribution < -0.4 is 10.5 Å². The van der Waals surface area contributed by atoms with Gasteiger partial charge in [-0.1, -0.05) is 6.07 Å². The Morgan fingerprint density at radius 3 is 2.90 bits per heavy atom. The van der Waals surface area contributed by atoms with Crippen molar-refractivity contribution in [1.29, 1.82) is 0 Å². The number of halogens is 1. The maximum Gasteiger partial charge on any atom is 0.223 e. The van der Waals surface area contributed by atoms with E-state index in [1.165, 1.54) is 0 Å². The average Bonchev–Trinajstić information content (AvgIpc) is 2.49. The first kappa shape index (κ1) is 13.0. The highest BCUT2D eigenvalue weighted by molar-refractivity contribution is 9.10. The molecule has 0 fully saturated rings. The van der Waals surface area contributed by atoms with Crippen LogP contribution in [0.4, 0.5) is 0 Å². The average molecular weight is 330 g/mol. The van der Waals surface area contributed by atoms with Gasteiger partial charge in [-0.15, -0.1) is 0 Å². The molecule has 0 saturated carbocycles. The molecular weight excluding hydrogens is 318 g/mol. The molecule has 4 nitrogen and oxygen atoms in total. The second kappa shape index (κ2) is 5.56. The number of pyridine rings is 2. The van der Waals surface area contributed by atoms with Gasteiger partial charge in [0.05, 0.1) is 5.52 Å². The molecule has 0 bridgehead atoms. The Balaban J connectivity index is 2.05. The fourth-order valence-corrected chi connectivity index (χ4v) is 2.35. The van der Waals surface area contributed by atoms with Gasteiger partial charge in [0.15, 0.2) is 0 Å². The molecule has 2 aromatic heterocycles. The summed E-state index contributed by atoms with van der Waals surface area (Å²) in [6, 6.07) is 11.5. The largest absolute Gasteiger partial charge is 0.438 e. The Morgan fingerprint density at radius 1 is 1.15 bits per heavy atom. The number of benzene rings is 1. The number of nitrogens with two attached hydrogens (primary N) is 1. The van der Waals surface area contributed by atoms with Crippen molar-refractivity contribution in [3.8, 4) is 11.6 Å². The predicted octanol–water partition coefficient (Wildman–Crippen LogP) is 3.64. The van der Waals surface area contributed by atoms with Gasteiger partial charge in [0.25, 0.3) is 0 Å². The number of rotatable bonds is 3. The Hall–Kier alpha value is -1.98. The van der Waals surface area contributed by atoms with Crippen LogP contribution in [0, 0.1) is 0 Å². The first-order chi connectivity index (χ1) is 9.78. The van der Waals surface area contributed by atoms with Crippen LogP contribution in [0.2, 0.25) is 0 Å². The van der Waals surface area contributed by atoms with Crippen molar-refractivity contribution in [2.45, 2.75) is 6.54 Å². The zero-order valence-corrected chi connectivity index (χ0v) is 12.2. The van der Waals surface area contributed by atoms with Crippen molar-refractivity contribution in [3.05, 3.63) is 58.8 Å². The molecule has 0 spiro atoms. The molecule has 0 aliphatic heterocycles. The van der Waals surface area contributed by atoms with Gasteiger partial charge in [0.2, 0.25) is 5.88 Å². The predicted molar refractivity (Wildman–Crippen MR) is 81.6 cm³/mol. The van der Waals surface area contributed by atoms with E-state index in [1.807, 2.05) is 36.4 Å². The van der Waals surface area contributed by atoms with E-state index in [9.17, 15) is 0 Å². The number of hydrogen-bond acceptors (Lipinski definition) is 4. The molecule has 100 valence electrons. The van der Waals surface area contributed by atoms with E-state index in [1.54, 1.807) is 12.4 Å². The highest BCUT2D eigenvalue weighted by Crippen LogP contribution is 2.30. The van der Waals surface area contributed by atoms with Gasteiger partial charge in [-0.2, -0.15) is 0 Å². The molecule has 3 rings (SSSR count). The number of aromatic nitrogens is 2. The van der Waals surface area contributed by atoms with Gasteiger partial charge >= 0.3 is 0 Å². The fraction of sp³-hybridized carbons (Fsp3) is 0.0667. The summed E-state index contributed by atoms with van der Waals surface area (Å²) in [6.07, 6.45) is 3.45. The quantitative estimate of drug-likeness (QED) is 0.796. The van der Waals surface area contributed by atoms with Crippen molar-refractivity contribution >= 4 is 26.8 Å². The third-order valence-corrected chi connectivity index (χ3v) is 3.36. The Morgan fingerprint density at radius 2 is 2.05 bits per heavy atom. The van der Waals surface area contributed by atoms with Crippen LogP contribution >= 0.6 is 15.9 Å². The van der Waals surface area contributed by atoms with Crippen molar-refractivity contribution in [3.63, 3.8) is 0 Å². The maximum absolute atomic E-state index is 5.92. The standard InChI is InChI=1S/C15H12BrN3O/c16-11-7-10(8-17)15(19-9-11)20-14-5-1-4-13-12(14)3-2-6-18-13/h1-7,9H,8,17H2. The normalized spacial score (nSPS) is 10.7. The van der Waals surface area contributed by atoms with Gasteiger partial charge in [-0.25, -0.2) is 4.98 Å². The molecule has 0 aliphatic rings. The second-order valence-corrected chi connectivity index (χ2v) is 5.17. The van der Waals surface area contributed by atoms with E-state index >= 15 is 0 Å². The molecule has 1 aromatic carbocycles. The Bertz CT molecular complexity index is 756. The van der Waals surface area contributed by atoms with Crippen molar-refractivity contribution < 1.29 is 4.74 Å². The molecule has 0 unspecified atom stereocenters. The molecule has 2 heterocycles. The summed E-state index contributed by atoms with van der Waals surface area (Å²) in [7, 11) is 0. The summed E-state index contributed by atoms with van der Waals surface area (Å²) in [5, 5.41) is 0.947. The zero-order chi connectivity index (χ0) is 13.9. The van der Waals surface area contributed by atoms with Gasteiger partial charge in [0, 0.05) is 34.4 Å². The molecule has 0 amide bonds. The van der Waals surface area contributed by atoms with E-state index in [0.717, 1.165) is 26.7 Å². The smallest absolute Gasteiger partial charge is 0.223 e. The number of ether oxygens (including phenoxy) is 1. The lowest BCUT2D eigenvalue weighted by molar-refractivity contribution is 0.461. The lowest BCUT2D eigenvalue weighted by Gasteiger charge is -2.11. The third kappa shape index (κ3) is 2.50. The second-order valence-electron chi connectivity index (χ2n) is 4.25. The SMILES string of the molecule is NCc1cc(Br)cnc1Oc1cccc2ncccc12. The summed E-state index contributed by atoms with van der Waals surface area (Å²) in [6.45, 7) is 0.366. The van der Waals surface area contributed by atoms with Gasteiger partial charge in [-0.3, -0.25) is 4.98 Å². The lowest BCUT2D eigenvalue weighted by Crippen LogP contribution is -2.01. The molecule has 0 aliphatic carbocycles. The number of nitrogens with zero attached hydrogens (tertiary/aromatic N) is 2. The minimum atomic E-state index is 0.366. The first-order valence-electron chi connectivity index (χ1n) is 6.14. The van der Waals surface area contributed by atoms with Gasteiger partial charge in [-0.05, 0) is 46.3 Å². The summed E-state index contributed by atoms with van der Waals surface area (Å²) in [5.74, 6) is 1.24. The summed E-state index contributed by atoms with van der Waals surface area (Å²) >= 11 is 3.38. The van der Waals surface area contributed by atoms with E-state index in [4.69, 9.17) is 10.5 Å². The summed E-state index contributed by atoms with van der Waals surface area (Å²) in [4.78, 5) is 8.59. The van der Waals surface area contributed by atoms with Crippen LogP contribution in [0.25, 0.3) is 10.9 Å². The van der Waals surface area contributed by atoms with E-state index in [2.05, 4.69) is 25.9 Å². The molecule has 0 atom stereocenters. The molecule has 0 saturated heterocycles. The maximum atomic E-state index is 5.92. The molecule has 20 heavy (non-hydrogen) atoms. The van der Waals surface area contributed by atoms with E-state index in [0.29, 0.717) is 12.4 Å². The van der Waals surface area contributed by atoms with E-state index < -0.39 is 0 Å². The molecular formula is C15H12BrN3O. The lowest BCUT2D eigenvalue weighted by atomic mass is 10.2. The molecule has 5 heteroatoms. The molecule has 0 radical (unpaired) electrons. The van der Waals surface area contributed by atoms with Crippen LogP contribution in [0.15, 0.2) is 53.3 Å². The minimum Gasteiger partial charge on any atom is -0.438 e. The zero-order valence-electron chi connectivity index (χ0n) is 10.6. The Labute approximate surface area is 124 Å². The van der Waals surface area contributed by atoms with Crippen LogP contribution in [-0.2, 0) is 6.54 Å². The first-order valence-corrected chi connectivity index (χ1v) is 6.93. The van der Waals surface area contributed by atoms with Crippen LogP contribution in [-0.4, -0.2) is 9.97 Å². The topological polar surface area (TPSA) is 61.0 Å². The van der Waals surface area contributed by atoms with Gasteiger partial charge in [0.1, 0.15) is 5.75 Å². The van der Waals surface area contributed by atoms with Crippen LogP contribution in [0.1, 0.15) is 5.56 Å². The highest BCUT2D eigenvalue weighted by Gasteiger charge is 2.09. The van der Waals surface area contributed by atoms with Crippen molar-refractivity contribution in [1.82, 2.24) is 9.97 Å². The number of hydrogen-bond donors (Lipinski definition) is 1. The van der Waals surface area contributed by atoms with Gasteiger partial charge < -0.3 is 10.5 Å². The molecule has 3 aromatic rings. The van der Waals surface area contributed by atoms with Crippen LogP contribution in [0.5, 0.6) is 11.6 Å². The minimum absolute atomic E-state index is 0.366.